The number of halogens is 4. The van der Waals surface area contributed by atoms with Gasteiger partial charge in [-0.1, -0.05) is 12.1 Å². The van der Waals surface area contributed by atoms with E-state index in [2.05, 4.69) is 0 Å². The Morgan fingerprint density at radius 3 is 2.24 bits per heavy atom. The van der Waals surface area contributed by atoms with E-state index in [1.807, 2.05) is 0 Å². The summed E-state index contributed by atoms with van der Waals surface area (Å²) in [6, 6.07) is 9.29. The van der Waals surface area contributed by atoms with Gasteiger partial charge < -0.3 is 29.0 Å². The molecule has 12 heteroatoms. The van der Waals surface area contributed by atoms with Gasteiger partial charge in [0.1, 0.15) is 18.1 Å². The summed E-state index contributed by atoms with van der Waals surface area (Å²) in [5.41, 5.74) is 0.727. The number of carboxylic acids is 1. The normalized spacial score (nSPS) is 12.2. The van der Waals surface area contributed by atoms with Crippen LogP contribution in [0.4, 0.5) is 22.4 Å². The maximum absolute atomic E-state index is 13.5. The molecule has 0 bridgehead atoms. The van der Waals surface area contributed by atoms with Crippen molar-refractivity contribution in [2.75, 3.05) is 39.5 Å². The first-order chi connectivity index (χ1) is 18.0. The van der Waals surface area contributed by atoms with Crippen LogP contribution in [0, 0.1) is 11.6 Å². The zero-order chi connectivity index (χ0) is 28.1. The highest BCUT2D eigenvalue weighted by Gasteiger charge is 2.21. The topological polar surface area (TPSA) is 94.5 Å². The van der Waals surface area contributed by atoms with E-state index in [9.17, 15) is 32.3 Å². The first kappa shape index (κ1) is 30.8. The van der Waals surface area contributed by atoms with Gasteiger partial charge >= 0.3 is 12.1 Å². The van der Waals surface area contributed by atoms with Crippen molar-refractivity contribution < 1.29 is 51.2 Å². The zero-order valence-corrected chi connectivity index (χ0v) is 21.1. The summed E-state index contributed by atoms with van der Waals surface area (Å²) < 4.78 is 73.7. The van der Waals surface area contributed by atoms with E-state index >= 15 is 0 Å². The van der Waals surface area contributed by atoms with Gasteiger partial charge in [0, 0.05) is 32.1 Å². The number of carbonyl (C=O) groups excluding carboxylic acids is 1. The summed E-state index contributed by atoms with van der Waals surface area (Å²) in [5, 5.41) is 9.21. The number of hydrogen-bond donors (Lipinski definition) is 1. The van der Waals surface area contributed by atoms with E-state index in [-0.39, 0.29) is 51.7 Å². The first-order valence-electron chi connectivity index (χ1n) is 11.9. The molecule has 0 saturated carbocycles. The third kappa shape index (κ3) is 11.3. The molecule has 210 valence electrons. The minimum absolute atomic E-state index is 0.00296. The summed E-state index contributed by atoms with van der Waals surface area (Å²) in [4.78, 5) is 25.1. The Labute approximate surface area is 218 Å². The van der Waals surface area contributed by atoms with Crippen LogP contribution in [0.2, 0.25) is 0 Å². The lowest BCUT2D eigenvalue weighted by Gasteiger charge is -2.22. The standard InChI is InChI=1S/C26H31F4NO7/c1-3-36-23(24(32)33)16-18-4-6-19(7-5-18)37-15-12-31(11-14-35-13-10-26(2,29)30)25(34)38-20-8-9-21(27)22(28)17-20/h4-9,17,23H,3,10-16H2,1-2H3,(H,32,33). The van der Waals surface area contributed by atoms with Crippen LogP contribution < -0.4 is 9.47 Å². The predicted octanol–water partition coefficient (Wildman–Crippen LogP) is 4.94. The first-order valence-corrected chi connectivity index (χ1v) is 11.9. The minimum Gasteiger partial charge on any atom is -0.492 e. The van der Waals surface area contributed by atoms with Crippen LogP contribution in [-0.4, -0.2) is 73.6 Å². The molecule has 0 fully saturated rings. The molecular formula is C26H31F4NO7. The molecule has 0 aliphatic carbocycles. The highest BCUT2D eigenvalue weighted by atomic mass is 19.3. The number of benzene rings is 2. The van der Waals surface area contributed by atoms with Gasteiger partial charge in [-0.15, -0.1) is 0 Å². The number of carboxylic acid groups (broad SMARTS) is 1. The van der Waals surface area contributed by atoms with Crippen LogP contribution in [0.15, 0.2) is 42.5 Å². The fourth-order valence-electron chi connectivity index (χ4n) is 3.16. The van der Waals surface area contributed by atoms with Crippen LogP contribution in [-0.2, 0) is 20.7 Å². The largest absolute Gasteiger partial charge is 0.492 e. The molecule has 8 nitrogen and oxygen atoms in total. The Morgan fingerprint density at radius 1 is 0.974 bits per heavy atom. The highest BCUT2D eigenvalue weighted by molar-refractivity contribution is 5.72. The molecule has 0 radical (unpaired) electrons. The van der Waals surface area contributed by atoms with Crippen LogP contribution in [0.3, 0.4) is 0 Å². The van der Waals surface area contributed by atoms with Crippen LogP contribution in [0.1, 0.15) is 25.8 Å². The number of hydrogen-bond acceptors (Lipinski definition) is 6. The van der Waals surface area contributed by atoms with Gasteiger partial charge in [0.25, 0.3) is 0 Å². The lowest BCUT2D eigenvalue weighted by Crippen LogP contribution is -2.39. The average Bonchev–Trinajstić information content (AvgIpc) is 2.85. The fraction of sp³-hybridized carbons (Fsp3) is 0.462. The lowest BCUT2D eigenvalue weighted by atomic mass is 10.1. The second-order valence-corrected chi connectivity index (χ2v) is 8.34. The summed E-state index contributed by atoms with van der Waals surface area (Å²) >= 11 is 0. The van der Waals surface area contributed by atoms with Gasteiger partial charge in [-0.3, -0.25) is 0 Å². The molecular weight excluding hydrogens is 514 g/mol. The van der Waals surface area contributed by atoms with Gasteiger partial charge in [0.15, 0.2) is 17.7 Å². The summed E-state index contributed by atoms with van der Waals surface area (Å²) in [7, 11) is 0. The van der Waals surface area contributed by atoms with E-state index in [0.717, 1.165) is 30.7 Å². The molecule has 0 aliphatic rings. The Balaban J connectivity index is 1.94. The SMILES string of the molecule is CCOC(Cc1ccc(OCCN(CCOCCC(C)(F)F)C(=O)Oc2ccc(F)c(F)c2)cc1)C(=O)O. The Kier molecular flexibility index (Phi) is 12.3. The molecule has 2 aromatic carbocycles. The maximum Gasteiger partial charge on any atom is 0.415 e. The van der Waals surface area contributed by atoms with Crippen molar-refractivity contribution in [2.45, 2.75) is 38.7 Å². The molecule has 1 amide bonds. The van der Waals surface area contributed by atoms with Crippen LogP contribution in [0.5, 0.6) is 11.5 Å². The van der Waals surface area contributed by atoms with Gasteiger partial charge in [0.2, 0.25) is 5.92 Å². The van der Waals surface area contributed by atoms with Crippen molar-refractivity contribution in [3.63, 3.8) is 0 Å². The molecule has 38 heavy (non-hydrogen) atoms. The molecule has 0 spiro atoms. The third-order valence-corrected chi connectivity index (χ3v) is 5.16. The zero-order valence-electron chi connectivity index (χ0n) is 21.1. The molecule has 2 rings (SSSR count). The molecule has 1 atom stereocenters. The number of rotatable bonds is 16. The van der Waals surface area contributed by atoms with E-state index < -0.39 is 42.1 Å². The van der Waals surface area contributed by atoms with Crippen molar-refractivity contribution in [3.8, 4) is 11.5 Å². The second kappa shape index (κ2) is 15.1. The summed E-state index contributed by atoms with van der Waals surface area (Å²) in [5.74, 6) is -5.99. The number of nitrogens with zero attached hydrogens (tertiary/aromatic N) is 1. The monoisotopic (exact) mass is 545 g/mol. The van der Waals surface area contributed by atoms with Gasteiger partial charge in [-0.2, -0.15) is 0 Å². The number of ether oxygens (including phenoxy) is 4. The molecule has 0 aromatic heterocycles. The second-order valence-electron chi connectivity index (χ2n) is 8.34. The Morgan fingerprint density at radius 2 is 1.63 bits per heavy atom. The number of carbonyl (C=O) groups is 2. The summed E-state index contributed by atoms with van der Waals surface area (Å²) in [6.45, 7) is 2.44. The smallest absolute Gasteiger partial charge is 0.415 e. The molecule has 1 N–H and O–H groups in total. The van der Waals surface area contributed by atoms with Gasteiger partial charge in [-0.05, 0) is 43.7 Å². The molecule has 1 unspecified atom stereocenters. The molecule has 0 heterocycles. The Bertz CT molecular complexity index is 1030. The number of amides is 1. The summed E-state index contributed by atoms with van der Waals surface area (Å²) in [6.07, 6.45) is -2.16. The molecule has 0 saturated heterocycles. The number of aliphatic carboxylic acids is 1. The van der Waals surface area contributed by atoms with Gasteiger partial charge in [-0.25, -0.2) is 27.2 Å². The number of alkyl halides is 2. The van der Waals surface area contributed by atoms with E-state index in [0.29, 0.717) is 5.75 Å². The van der Waals surface area contributed by atoms with Gasteiger partial charge in [0.05, 0.1) is 19.8 Å². The highest BCUT2D eigenvalue weighted by Crippen LogP contribution is 2.18. The van der Waals surface area contributed by atoms with Crippen LogP contribution in [0.25, 0.3) is 0 Å². The van der Waals surface area contributed by atoms with Crippen molar-refractivity contribution in [1.29, 1.82) is 0 Å². The van der Waals surface area contributed by atoms with Crippen LogP contribution >= 0.6 is 0 Å². The van der Waals surface area contributed by atoms with Crippen molar-refractivity contribution in [1.82, 2.24) is 4.90 Å². The lowest BCUT2D eigenvalue weighted by molar-refractivity contribution is -0.149. The molecule has 2 aromatic rings. The quantitative estimate of drug-likeness (QED) is 0.236. The third-order valence-electron chi connectivity index (χ3n) is 5.16. The van der Waals surface area contributed by atoms with Crippen molar-refractivity contribution in [2.24, 2.45) is 0 Å². The molecule has 0 aliphatic heterocycles. The van der Waals surface area contributed by atoms with Crippen molar-refractivity contribution in [3.05, 3.63) is 59.7 Å². The van der Waals surface area contributed by atoms with E-state index in [1.54, 1.807) is 31.2 Å². The average molecular weight is 546 g/mol. The maximum atomic E-state index is 13.5. The van der Waals surface area contributed by atoms with Crippen molar-refractivity contribution >= 4 is 12.1 Å². The fourth-order valence-corrected chi connectivity index (χ4v) is 3.16. The Hall–Kier alpha value is -3.38. The minimum atomic E-state index is -2.88. The predicted molar refractivity (Wildman–Crippen MR) is 129 cm³/mol. The van der Waals surface area contributed by atoms with E-state index in [1.165, 1.54) is 4.90 Å². The van der Waals surface area contributed by atoms with E-state index in [4.69, 9.17) is 18.9 Å².